The van der Waals surface area contributed by atoms with Crippen molar-refractivity contribution in [1.82, 2.24) is 14.9 Å². The van der Waals surface area contributed by atoms with Crippen molar-refractivity contribution in [3.8, 4) is 0 Å². The van der Waals surface area contributed by atoms with Gasteiger partial charge in [0.25, 0.3) is 0 Å². The Kier molecular flexibility index (Phi) is 6.50. The van der Waals surface area contributed by atoms with E-state index in [1.54, 1.807) is 6.33 Å². The maximum absolute atomic E-state index is 12.6. The maximum atomic E-state index is 12.6. The standard InChI is InChI=1S/C24H32N4O2/c25-23(29)13-20-9-18(11-21-14-26-16-27-21)8-19(10-20)12-22-6-7-24(30)28(22)15-17-4-2-1-3-5-17/h1-5,14,16,18-20,22H,6-13,15H2,(H2,25,29)(H,26,27)/t18-,19+,20-,22+/m1/s1. The van der Waals surface area contributed by atoms with E-state index in [1.165, 1.54) is 5.56 Å². The summed E-state index contributed by atoms with van der Waals surface area (Å²) in [5, 5.41) is 0. The van der Waals surface area contributed by atoms with Gasteiger partial charge in [0.15, 0.2) is 0 Å². The zero-order chi connectivity index (χ0) is 20.9. The van der Waals surface area contributed by atoms with Crippen LogP contribution in [0.2, 0.25) is 0 Å². The van der Waals surface area contributed by atoms with Crippen LogP contribution in [0, 0.1) is 17.8 Å². The molecule has 1 saturated heterocycles. The quantitative estimate of drug-likeness (QED) is 0.701. The van der Waals surface area contributed by atoms with E-state index in [0.29, 0.717) is 43.2 Å². The first-order valence-corrected chi connectivity index (χ1v) is 11.2. The lowest BCUT2D eigenvalue weighted by molar-refractivity contribution is -0.129. The Morgan fingerprint density at radius 3 is 2.63 bits per heavy atom. The Morgan fingerprint density at radius 2 is 1.90 bits per heavy atom. The minimum atomic E-state index is -0.206. The Bertz CT molecular complexity index is 836. The number of likely N-dealkylation sites (tertiary alicyclic amines) is 1. The zero-order valence-corrected chi connectivity index (χ0v) is 17.5. The van der Waals surface area contributed by atoms with Crippen molar-refractivity contribution >= 4 is 11.8 Å². The SMILES string of the molecule is NC(=O)C[C@@H]1C[C@H](Cc2cnc[nH]2)C[C@H](C[C@@H]2CCC(=O)N2Cc2ccccc2)C1. The molecular weight excluding hydrogens is 376 g/mol. The van der Waals surface area contributed by atoms with Gasteiger partial charge in [0, 0.05) is 37.3 Å². The van der Waals surface area contributed by atoms with E-state index < -0.39 is 0 Å². The lowest BCUT2D eigenvalue weighted by atomic mass is 9.70. The summed E-state index contributed by atoms with van der Waals surface area (Å²) >= 11 is 0. The van der Waals surface area contributed by atoms with Crippen molar-refractivity contribution in [2.24, 2.45) is 23.5 Å². The molecule has 6 heteroatoms. The van der Waals surface area contributed by atoms with Crippen molar-refractivity contribution in [2.75, 3.05) is 0 Å². The molecule has 1 aliphatic heterocycles. The van der Waals surface area contributed by atoms with Gasteiger partial charge in [-0.25, -0.2) is 4.98 Å². The fraction of sp³-hybridized carbons (Fsp3) is 0.542. The van der Waals surface area contributed by atoms with E-state index >= 15 is 0 Å². The third-order valence-electron chi connectivity index (χ3n) is 6.81. The molecule has 4 atom stereocenters. The van der Waals surface area contributed by atoms with Gasteiger partial charge in [-0.2, -0.15) is 0 Å². The first kappa shape index (κ1) is 20.6. The average Bonchev–Trinajstić information content (AvgIpc) is 3.33. The lowest BCUT2D eigenvalue weighted by Gasteiger charge is -2.37. The number of nitrogens with one attached hydrogen (secondary N) is 1. The summed E-state index contributed by atoms with van der Waals surface area (Å²) in [6.07, 6.45) is 10.9. The van der Waals surface area contributed by atoms with Crippen LogP contribution >= 0.6 is 0 Å². The molecule has 1 aromatic carbocycles. The first-order valence-electron chi connectivity index (χ1n) is 11.2. The number of hydrogen-bond donors (Lipinski definition) is 2. The van der Waals surface area contributed by atoms with E-state index in [4.69, 9.17) is 5.73 Å². The molecule has 2 aliphatic rings. The van der Waals surface area contributed by atoms with Gasteiger partial charge in [0.1, 0.15) is 0 Å². The van der Waals surface area contributed by atoms with E-state index in [-0.39, 0.29) is 11.8 Å². The first-order chi connectivity index (χ1) is 14.6. The molecule has 160 valence electrons. The number of benzene rings is 1. The number of aromatic nitrogens is 2. The lowest BCUT2D eigenvalue weighted by Crippen LogP contribution is -2.36. The van der Waals surface area contributed by atoms with Crippen LogP contribution in [0.3, 0.4) is 0 Å². The van der Waals surface area contributed by atoms with Gasteiger partial charge < -0.3 is 15.6 Å². The van der Waals surface area contributed by atoms with E-state index in [1.807, 2.05) is 24.4 Å². The van der Waals surface area contributed by atoms with Crippen LogP contribution in [-0.2, 0) is 22.6 Å². The number of primary amides is 1. The molecule has 1 saturated carbocycles. The van der Waals surface area contributed by atoms with Crippen LogP contribution in [0.1, 0.15) is 56.2 Å². The highest BCUT2D eigenvalue weighted by Gasteiger charge is 2.36. The largest absolute Gasteiger partial charge is 0.370 e. The summed E-state index contributed by atoms with van der Waals surface area (Å²) in [4.78, 5) is 33.6. The monoisotopic (exact) mass is 408 g/mol. The number of carbonyl (C=O) groups excluding carboxylic acids is 2. The zero-order valence-electron chi connectivity index (χ0n) is 17.5. The summed E-state index contributed by atoms with van der Waals surface area (Å²) in [6.45, 7) is 0.694. The second kappa shape index (κ2) is 9.45. The van der Waals surface area contributed by atoms with Crippen molar-refractivity contribution < 1.29 is 9.59 Å². The summed E-state index contributed by atoms with van der Waals surface area (Å²) in [5.41, 5.74) is 7.87. The van der Waals surface area contributed by atoms with Crippen LogP contribution in [0.4, 0.5) is 0 Å². The Hall–Kier alpha value is -2.63. The Morgan fingerprint density at radius 1 is 1.13 bits per heavy atom. The van der Waals surface area contributed by atoms with E-state index in [9.17, 15) is 9.59 Å². The van der Waals surface area contributed by atoms with Gasteiger partial charge in [0.2, 0.25) is 11.8 Å². The smallest absolute Gasteiger partial charge is 0.223 e. The van der Waals surface area contributed by atoms with Gasteiger partial charge in [0.05, 0.1) is 6.33 Å². The van der Waals surface area contributed by atoms with Crippen LogP contribution in [0.15, 0.2) is 42.9 Å². The molecule has 2 fully saturated rings. The number of nitrogens with zero attached hydrogens (tertiary/aromatic N) is 2. The molecule has 1 aliphatic carbocycles. The number of H-pyrrole nitrogens is 1. The predicted octanol–water partition coefficient (Wildman–Crippen LogP) is 3.44. The topological polar surface area (TPSA) is 92.1 Å². The van der Waals surface area contributed by atoms with Gasteiger partial charge in [-0.15, -0.1) is 0 Å². The summed E-state index contributed by atoms with van der Waals surface area (Å²) < 4.78 is 0. The molecule has 1 aromatic heterocycles. The number of hydrogen-bond acceptors (Lipinski definition) is 3. The van der Waals surface area contributed by atoms with Crippen LogP contribution in [0.25, 0.3) is 0 Å². The van der Waals surface area contributed by atoms with Crippen LogP contribution in [-0.4, -0.2) is 32.7 Å². The van der Waals surface area contributed by atoms with Crippen molar-refractivity contribution in [1.29, 1.82) is 0 Å². The average molecular weight is 409 g/mol. The summed E-state index contributed by atoms with van der Waals surface area (Å²) in [7, 11) is 0. The number of nitrogens with two attached hydrogens (primary N) is 1. The molecule has 2 heterocycles. The summed E-state index contributed by atoms with van der Waals surface area (Å²) in [5.74, 6) is 1.44. The molecule has 30 heavy (non-hydrogen) atoms. The highest BCUT2D eigenvalue weighted by atomic mass is 16.2. The van der Waals surface area contributed by atoms with Crippen LogP contribution < -0.4 is 5.73 Å². The molecule has 2 amide bonds. The minimum Gasteiger partial charge on any atom is -0.370 e. The summed E-state index contributed by atoms with van der Waals surface area (Å²) in [6, 6.07) is 10.5. The van der Waals surface area contributed by atoms with E-state index in [0.717, 1.165) is 44.2 Å². The molecule has 0 unspecified atom stereocenters. The molecule has 0 spiro atoms. The number of imidazole rings is 1. The highest BCUT2D eigenvalue weighted by Crippen LogP contribution is 2.40. The molecule has 0 radical (unpaired) electrons. The van der Waals surface area contributed by atoms with Crippen molar-refractivity contribution in [3.63, 3.8) is 0 Å². The van der Waals surface area contributed by atoms with E-state index in [2.05, 4.69) is 27.0 Å². The van der Waals surface area contributed by atoms with Gasteiger partial charge in [-0.05, 0) is 61.8 Å². The van der Waals surface area contributed by atoms with Crippen molar-refractivity contribution in [2.45, 2.75) is 64.0 Å². The Balaban J connectivity index is 1.42. The third-order valence-corrected chi connectivity index (χ3v) is 6.81. The predicted molar refractivity (Wildman–Crippen MR) is 115 cm³/mol. The van der Waals surface area contributed by atoms with Gasteiger partial charge >= 0.3 is 0 Å². The highest BCUT2D eigenvalue weighted by molar-refractivity contribution is 5.78. The molecule has 6 nitrogen and oxygen atoms in total. The fourth-order valence-corrected chi connectivity index (χ4v) is 5.64. The molecule has 4 rings (SSSR count). The second-order valence-corrected chi connectivity index (χ2v) is 9.19. The second-order valence-electron chi connectivity index (χ2n) is 9.19. The third kappa shape index (κ3) is 5.29. The van der Waals surface area contributed by atoms with Crippen LogP contribution in [0.5, 0.6) is 0 Å². The van der Waals surface area contributed by atoms with Gasteiger partial charge in [-0.1, -0.05) is 30.3 Å². The number of aromatic amines is 1. The maximum Gasteiger partial charge on any atom is 0.223 e. The normalized spacial score (nSPS) is 26.8. The molecule has 0 bridgehead atoms. The number of rotatable bonds is 8. The molecule has 3 N–H and O–H groups in total. The minimum absolute atomic E-state index is 0.206. The number of amides is 2. The number of carbonyl (C=O) groups is 2. The van der Waals surface area contributed by atoms with Crippen molar-refractivity contribution in [3.05, 3.63) is 54.1 Å². The van der Waals surface area contributed by atoms with Gasteiger partial charge in [-0.3, -0.25) is 9.59 Å². The fourth-order valence-electron chi connectivity index (χ4n) is 5.64. The Labute approximate surface area is 178 Å². The molecule has 2 aromatic rings. The molecular formula is C24H32N4O2.